The molecule has 1 atom stereocenters. The summed E-state index contributed by atoms with van der Waals surface area (Å²) < 4.78 is 10.5. The van der Waals surface area contributed by atoms with Crippen molar-refractivity contribution in [2.24, 2.45) is 5.73 Å². The first-order valence-electron chi connectivity index (χ1n) is 6.54. The summed E-state index contributed by atoms with van der Waals surface area (Å²) in [5.74, 6) is 5.60. The Balaban J connectivity index is 1.82. The van der Waals surface area contributed by atoms with E-state index in [1.54, 1.807) is 0 Å². The van der Waals surface area contributed by atoms with Gasteiger partial charge in [-0.25, -0.2) is 0 Å². The van der Waals surface area contributed by atoms with E-state index >= 15 is 0 Å². The molecule has 0 aromatic heterocycles. The zero-order valence-corrected chi connectivity index (χ0v) is 11.2. The molecule has 1 unspecified atom stereocenters. The van der Waals surface area contributed by atoms with Gasteiger partial charge in [-0.1, -0.05) is 24.0 Å². The lowest BCUT2D eigenvalue weighted by molar-refractivity contribution is -0.147. The van der Waals surface area contributed by atoms with Crippen molar-refractivity contribution in [3.05, 3.63) is 35.4 Å². The molecule has 106 valence electrons. The van der Waals surface area contributed by atoms with Crippen molar-refractivity contribution in [3.8, 4) is 11.8 Å². The summed E-state index contributed by atoms with van der Waals surface area (Å²) >= 11 is 0. The molecule has 0 bridgehead atoms. The smallest absolute Gasteiger partial charge is 0.251 e. The monoisotopic (exact) mass is 274 g/mol. The van der Waals surface area contributed by atoms with Gasteiger partial charge in [-0.05, 0) is 17.7 Å². The van der Waals surface area contributed by atoms with Crippen molar-refractivity contribution in [2.45, 2.75) is 12.6 Å². The van der Waals surface area contributed by atoms with Gasteiger partial charge in [0, 0.05) is 12.1 Å². The van der Waals surface area contributed by atoms with Crippen molar-refractivity contribution in [2.75, 3.05) is 26.4 Å². The van der Waals surface area contributed by atoms with E-state index in [1.807, 2.05) is 24.3 Å². The zero-order chi connectivity index (χ0) is 14.2. The number of ether oxygens (including phenoxy) is 2. The van der Waals surface area contributed by atoms with Crippen LogP contribution in [0.4, 0.5) is 0 Å². The van der Waals surface area contributed by atoms with Crippen molar-refractivity contribution < 1.29 is 14.3 Å². The second-order valence-corrected chi connectivity index (χ2v) is 4.35. The topological polar surface area (TPSA) is 73.6 Å². The number of hydrogen-bond donors (Lipinski definition) is 2. The lowest BCUT2D eigenvalue weighted by Crippen LogP contribution is -2.42. The average molecular weight is 274 g/mol. The number of hydrogen-bond acceptors (Lipinski definition) is 4. The van der Waals surface area contributed by atoms with E-state index in [-0.39, 0.29) is 5.91 Å². The fraction of sp³-hybridized carbons (Fsp3) is 0.400. The van der Waals surface area contributed by atoms with Crippen LogP contribution in [0, 0.1) is 11.8 Å². The lowest BCUT2D eigenvalue weighted by atomic mass is 10.1. The Hall–Kier alpha value is -1.87. The summed E-state index contributed by atoms with van der Waals surface area (Å²) in [6.07, 6.45) is -0.501. The third-order valence-electron chi connectivity index (χ3n) is 2.86. The number of carbonyl (C=O) groups excluding carboxylic acids is 1. The Kier molecular flexibility index (Phi) is 5.56. The van der Waals surface area contributed by atoms with Gasteiger partial charge < -0.3 is 20.5 Å². The molecule has 1 aliphatic heterocycles. The minimum absolute atomic E-state index is 0.142. The van der Waals surface area contributed by atoms with Gasteiger partial charge in [0.2, 0.25) is 0 Å². The molecule has 1 fully saturated rings. The maximum atomic E-state index is 11.8. The molecule has 0 spiro atoms. The van der Waals surface area contributed by atoms with Crippen LogP contribution < -0.4 is 11.1 Å². The van der Waals surface area contributed by atoms with Gasteiger partial charge in [0.05, 0.1) is 26.4 Å². The molecule has 0 aliphatic carbocycles. The molecule has 1 heterocycles. The third kappa shape index (κ3) is 4.35. The van der Waals surface area contributed by atoms with Crippen molar-refractivity contribution in [3.63, 3.8) is 0 Å². The lowest BCUT2D eigenvalue weighted by Gasteiger charge is -2.22. The minimum atomic E-state index is -0.501. The molecule has 0 saturated carbocycles. The minimum Gasteiger partial charge on any atom is -0.376 e. The van der Waals surface area contributed by atoms with Crippen LogP contribution in [0.25, 0.3) is 0 Å². The summed E-state index contributed by atoms with van der Waals surface area (Å²) in [5, 5.41) is 2.83. The van der Waals surface area contributed by atoms with Gasteiger partial charge in [0.1, 0.15) is 0 Å². The fourth-order valence-electron chi connectivity index (χ4n) is 1.80. The van der Waals surface area contributed by atoms with Crippen LogP contribution in [0.2, 0.25) is 0 Å². The number of carbonyl (C=O) groups is 1. The molecule has 1 saturated heterocycles. The van der Waals surface area contributed by atoms with E-state index in [0.717, 1.165) is 11.1 Å². The predicted octanol–water partition coefficient (Wildman–Crippen LogP) is 0.0284. The van der Waals surface area contributed by atoms with Gasteiger partial charge in [0.25, 0.3) is 5.91 Å². The first-order valence-corrected chi connectivity index (χ1v) is 6.54. The average Bonchev–Trinajstić information content (AvgIpc) is 2.52. The number of amides is 1. The highest BCUT2D eigenvalue weighted by Gasteiger charge is 2.21. The van der Waals surface area contributed by atoms with Gasteiger partial charge in [-0.2, -0.15) is 0 Å². The van der Waals surface area contributed by atoms with Crippen molar-refractivity contribution in [1.29, 1.82) is 0 Å². The number of benzene rings is 1. The highest BCUT2D eigenvalue weighted by atomic mass is 16.6. The Bertz CT molecular complexity index is 496. The molecule has 1 aromatic rings. The first-order chi connectivity index (χ1) is 9.79. The number of rotatable bonds is 3. The van der Waals surface area contributed by atoms with Crippen LogP contribution in [-0.2, 0) is 20.8 Å². The van der Waals surface area contributed by atoms with Crippen LogP contribution in [0.5, 0.6) is 0 Å². The SMILES string of the molecule is NCC#Cc1ccc(CNC(=O)C2COCCO2)cc1. The quantitative estimate of drug-likeness (QED) is 0.763. The normalized spacial score (nSPS) is 17.9. The molecule has 1 amide bonds. The van der Waals surface area contributed by atoms with Gasteiger partial charge in [-0.15, -0.1) is 0 Å². The number of nitrogens with two attached hydrogens (primary N) is 1. The predicted molar refractivity (Wildman–Crippen MR) is 74.8 cm³/mol. The van der Waals surface area contributed by atoms with Gasteiger partial charge in [-0.3, -0.25) is 4.79 Å². The maximum absolute atomic E-state index is 11.8. The van der Waals surface area contributed by atoms with Crippen molar-refractivity contribution in [1.82, 2.24) is 5.32 Å². The van der Waals surface area contributed by atoms with Crippen LogP contribution in [-0.4, -0.2) is 38.4 Å². The van der Waals surface area contributed by atoms with Crippen LogP contribution in [0.3, 0.4) is 0 Å². The molecule has 1 aliphatic rings. The molecule has 5 heteroatoms. The standard InChI is InChI=1S/C15H18N2O3/c16-7-1-2-12-3-5-13(6-4-12)10-17-15(18)14-11-19-8-9-20-14/h3-6,14H,7-11,16H2,(H,17,18). The summed E-state index contributed by atoms with van der Waals surface area (Å²) in [7, 11) is 0. The van der Waals surface area contributed by atoms with Gasteiger partial charge in [0.15, 0.2) is 6.10 Å². The Labute approximate surface area is 118 Å². The van der Waals surface area contributed by atoms with E-state index in [1.165, 1.54) is 0 Å². The highest BCUT2D eigenvalue weighted by Crippen LogP contribution is 2.05. The van der Waals surface area contributed by atoms with E-state index < -0.39 is 6.10 Å². The highest BCUT2D eigenvalue weighted by molar-refractivity contribution is 5.80. The fourth-order valence-corrected chi connectivity index (χ4v) is 1.80. The third-order valence-corrected chi connectivity index (χ3v) is 2.86. The first kappa shape index (κ1) is 14.5. The second kappa shape index (κ2) is 7.65. The maximum Gasteiger partial charge on any atom is 0.251 e. The van der Waals surface area contributed by atoms with E-state index in [4.69, 9.17) is 15.2 Å². The molecular weight excluding hydrogens is 256 g/mol. The van der Waals surface area contributed by atoms with E-state index in [9.17, 15) is 4.79 Å². The van der Waals surface area contributed by atoms with Gasteiger partial charge >= 0.3 is 0 Å². The molecule has 20 heavy (non-hydrogen) atoms. The van der Waals surface area contributed by atoms with Crippen molar-refractivity contribution >= 4 is 5.91 Å². The Morgan fingerprint density at radius 1 is 1.35 bits per heavy atom. The summed E-state index contributed by atoms with van der Waals surface area (Å²) in [6.45, 7) is 2.14. The van der Waals surface area contributed by atoms with E-state index in [0.29, 0.717) is 32.9 Å². The Morgan fingerprint density at radius 3 is 2.80 bits per heavy atom. The molecule has 2 rings (SSSR count). The van der Waals surface area contributed by atoms with Crippen LogP contribution >= 0.6 is 0 Å². The second-order valence-electron chi connectivity index (χ2n) is 4.35. The molecular formula is C15H18N2O3. The zero-order valence-electron chi connectivity index (χ0n) is 11.2. The number of nitrogens with one attached hydrogen (secondary N) is 1. The summed E-state index contributed by atoms with van der Waals surface area (Å²) in [4.78, 5) is 11.8. The molecule has 5 nitrogen and oxygen atoms in total. The summed E-state index contributed by atoms with van der Waals surface area (Å²) in [6, 6.07) is 7.67. The molecule has 0 radical (unpaired) electrons. The van der Waals surface area contributed by atoms with Crippen LogP contribution in [0.15, 0.2) is 24.3 Å². The summed E-state index contributed by atoms with van der Waals surface area (Å²) in [5.41, 5.74) is 7.23. The molecule has 1 aromatic carbocycles. The molecule has 3 N–H and O–H groups in total. The Morgan fingerprint density at radius 2 is 2.15 bits per heavy atom. The van der Waals surface area contributed by atoms with E-state index in [2.05, 4.69) is 17.2 Å². The largest absolute Gasteiger partial charge is 0.376 e. The van der Waals surface area contributed by atoms with Crippen LogP contribution in [0.1, 0.15) is 11.1 Å².